The fraction of sp³-hybridized carbons (Fsp3) is 0.467. The monoisotopic (exact) mass is 626 g/mol. The van der Waals surface area contributed by atoms with Crippen LogP contribution in [0.4, 0.5) is 0 Å². The van der Waals surface area contributed by atoms with Crippen LogP contribution in [0, 0.1) is 11.8 Å². The van der Waals surface area contributed by atoms with Gasteiger partial charge < -0.3 is 0 Å². The van der Waals surface area contributed by atoms with Gasteiger partial charge in [-0.15, -0.1) is 0 Å². The van der Waals surface area contributed by atoms with Crippen LogP contribution in [0.3, 0.4) is 0 Å². The molecular weight excluding hydrogens is 582 g/mol. The molecule has 0 heterocycles. The van der Waals surface area contributed by atoms with Crippen molar-refractivity contribution >= 4 is 40.9 Å². The summed E-state index contributed by atoms with van der Waals surface area (Å²) >= 11 is 6.11. The zero-order valence-corrected chi connectivity index (χ0v) is 28.4. The summed E-state index contributed by atoms with van der Waals surface area (Å²) in [4.78, 5) is 0. The predicted molar refractivity (Wildman–Crippen MR) is 149 cm³/mol. The Labute approximate surface area is 241 Å². The number of hydrogen-bond donors (Lipinski definition) is 0. The minimum Gasteiger partial charge on any atom is -0.0589 e. The molecule has 3 rings (SSSR count). The van der Waals surface area contributed by atoms with Crippen LogP contribution in [0.15, 0.2) is 56.7 Å². The molecule has 0 N–H and O–H groups in total. The minimum absolute atomic E-state index is 0. The molecule has 0 amide bonds. The SMILES string of the molecule is COc1ccc(C(C)C)c([Se-])c1[Se-].C[C]1C(C)=C(C)C(C)=C1C.C[C]1C(C)=C(C)C(C)=C1C.[Ti+2]. The molecule has 0 spiro atoms. The van der Waals surface area contributed by atoms with E-state index in [-0.39, 0.29) is 21.7 Å². The van der Waals surface area contributed by atoms with E-state index in [0.29, 0.717) is 5.92 Å². The molecule has 4 heteroatoms. The minimum atomic E-state index is 0. The summed E-state index contributed by atoms with van der Waals surface area (Å²) in [6.07, 6.45) is 0. The molecule has 0 fully saturated rings. The van der Waals surface area contributed by atoms with Gasteiger partial charge in [-0.3, -0.25) is 0 Å². The van der Waals surface area contributed by atoms with Crippen molar-refractivity contribution in [1.82, 2.24) is 0 Å². The van der Waals surface area contributed by atoms with Crippen molar-refractivity contribution in [2.24, 2.45) is 0 Å². The van der Waals surface area contributed by atoms with Gasteiger partial charge in [0.15, 0.2) is 0 Å². The standard InChI is InChI=1S/C10H14OSe2.2C10H15.Ti/c1-6(2)7-4-5-8(11-3)10(13)9(7)12;2*1-6-7(2)9(4)10(5)8(6)3;/h4-6,12-13H,1-3H3;2*1-5H3;/q;;;+2/p-2. The van der Waals surface area contributed by atoms with Crippen molar-refractivity contribution in [3.8, 4) is 5.75 Å². The van der Waals surface area contributed by atoms with Crippen molar-refractivity contribution in [3.05, 3.63) is 74.1 Å². The first-order valence-corrected chi connectivity index (χ1v) is 13.3. The van der Waals surface area contributed by atoms with Gasteiger partial charge in [0, 0.05) is 11.8 Å². The zero-order valence-electron chi connectivity index (χ0n) is 23.5. The van der Waals surface area contributed by atoms with Gasteiger partial charge in [0.1, 0.15) is 0 Å². The Hall–Kier alpha value is -0.267. The average molecular weight is 624 g/mol. The maximum atomic E-state index is 5.21. The number of methoxy groups -OCH3 is 1. The summed E-state index contributed by atoms with van der Waals surface area (Å²) < 4.78 is 7.46. The molecule has 1 nitrogen and oxygen atoms in total. The van der Waals surface area contributed by atoms with Gasteiger partial charge in [0.2, 0.25) is 0 Å². The first-order valence-electron chi connectivity index (χ1n) is 11.6. The van der Waals surface area contributed by atoms with Crippen LogP contribution in [0.25, 0.3) is 0 Å². The second-order valence-electron chi connectivity index (χ2n) is 9.42. The van der Waals surface area contributed by atoms with Crippen LogP contribution in [-0.4, -0.2) is 39.1 Å². The van der Waals surface area contributed by atoms with E-state index < -0.39 is 0 Å². The summed E-state index contributed by atoms with van der Waals surface area (Å²) in [6.45, 7) is 26.4. The van der Waals surface area contributed by atoms with Crippen LogP contribution >= 0.6 is 0 Å². The smallest absolute Gasteiger partial charge is 0.0589 e. The quantitative estimate of drug-likeness (QED) is 0.324. The average Bonchev–Trinajstić information content (AvgIpc) is 3.06. The van der Waals surface area contributed by atoms with Gasteiger partial charge in [0.25, 0.3) is 0 Å². The zero-order chi connectivity index (χ0) is 25.8. The van der Waals surface area contributed by atoms with Crippen LogP contribution in [-0.2, 0) is 21.7 Å². The fourth-order valence-electron chi connectivity index (χ4n) is 3.99. The largest absolute Gasteiger partial charge is 2.00 e. The first-order chi connectivity index (χ1) is 15.2. The third-order valence-corrected chi connectivity index (χ3v) is 10.0. The molecular formula is C30H42OSe2Ti. The van der Waals surface area contributed by atoms with E-state index in [0.717, 1.165) is 10.2 Å². The molecule has 1 aromatic rings. The Morgan fingerprint density at radius 3 is 1.09 bits per heavy atom. The van der Waals surface area contributed by atoms with Gasteiger partial charge in [-0.25, -0.2) is 0 Å². The van der Waals surface area contributed by atoms with Gasteiger partial charge in [-0.2, -0.15) is 0 Å². The number of ether oxygens (including phenoxy) is 1. The predicted octanol–water partition coefficient (Wildman–Crippen LogP) is 6.94. The number of hydrogen-bond acceptors (Lipinski definition) is 1. The van der Waals surface area contributed by atoms with E-state index in [1.165, 1.54) is 66.4 Å². The Morgan fingerprint density at radius 1 is 0.559 bits per heavy atom. The molecule has 0 saturated heterocycles. The molecule has 2 aliphatic rings. The molecule has 0 aliphatic heterocycles. The van der Waals surface area contributed by atoms with Gasteiger partial charge in [-0.05, 0) is 77.7 Å². The second-order valence-corrected chi connectivity index (χ2v) is 11.1. The van der Waals surface area contributed by atoms with Gasteiger partial charge >= 0.3 is 118 Å². The van der Waals surface area contributed by atoms with Crippen LogP contribution < -0.4 is 13.7 Å². The van der Waals surface area contributed by atoms with Crippen molar-refractivity contribution in [2.45, 2.75) is 89.0 Å². The van der Waals surface area contributed by atoms with Crippen molar-refractivity contribution in [3.63, 3.8) is 0 Å². The van der Waals surface area contributed by atoms with Crippen molar-refractivity contribution < 1.29 is 26.5 Å². The summed E-state index contributed by atoms with van der Waals surface area (Å²) in [7, 11) is 1.69. The normalized spacial score (nSPS) is 16.5. The maximum absolute atomic E-state index is 5.21. The maximum Gasteiger partial charge on any atom is 2.00 e. The van der Waals surface area contributed by atoms with Crippen molar-refractivity contribution in [2.75, 3.05) is 7.11 Å². The van der Waals surface area contributed by atoms with E-state index in [9.17, 15) is 0 Å². The van der Waals surface area contributed by atoms with Gasteiger partial charge in [-0.1, -0.05) is 36.1 Å². The van der Waals surface area contributed by atoms with E-state index >= 15 is 0 Å². The first kappa shape index (κ1) is 33.7. The molecule has 0 unspecified atom stereocenters. The summed E-state index contributed by atoms with van der Waals surface area (Å²) in [6, 6.07) is 4.11. The second kappa shape index (κ2) is 14.5. The summed E-state index contributed by atoms with van der Waals surface area (Å²) in [5.74, 6) is 4.37. The van der Waals surface area contributed by atoms with Crippen molar-refractivity contribution in [1.29, 1.82) is 0 Å². The topological polar surface area (TPSA) is 9.23 Å². The van der Waals surface area contributed by atoms with Crippen LogP contribution in [0.5, 0.6) is 5.75 Å². The number of benzene rings is 1. The third kappa shape index (κ3) is 7.62. The molecule has 0 aromatic heterocycles. The molecule has 34 heavy (non-hydrogen) atoms. The fourth-order valence-corrected chi connectivity index (χ4v) is 5.40. The summed E-state index contributed by atoms with van der Waals surface area (Å²) in [5.41, 5.74) is 13.1. The Bertz CT molecular complexity index is 911. The summed E-state index contributed by atoms with van der Waals surface area (Å²) in [5, 5.41) is 0. The molecule has 0 bridgehead atoms. The van der Waals surface area contributed by atoms with Crippen LogP contribution in [0.1, 0.15) is 94.6 Å². The Morgan fingerprint density at radius 2 is 0.882 bits per heavy atom. The van der Waals surface area contributed by atoms with E-state index in [1.807, 2.05) is 6.07 Å². The Balaban J connectivity index is 0.000000479. The third-order valence-electron chi connectivity index (χ3n) is 7.57. The molecule has 184 valence electrons. The Kier molecular flexibility index (Phi) is 14.4. The molecule has 2 radical (unpaired) electrons. The number of rotatable bonds is 2. The van der Waals surface area contributed by atoms with E-state index in [4.69, 9.17) is 4.74 Å². The van der Waals surface area contributed by atoms with Crippen LogP contribution in [0.2, 0.25) is 0 Å². The van der Waals surface area contributed by atoms with Gasteiger partial charge in [0.05, 0.1) is 0 Å². The van der Waals surface area contributed by atoms with E-state index in [1.54, 1.807) is 7.11 Å². The number of allylic oxidation sites excluding steroid dienone is 8. The molecule has 2 aliphatic carbocycles. The molecule has 0 atom stereocenters. The van der Waals surface area contributed by atoms with E-state index in [2.05, 4.69) is 121 Å². The molecule has 1 aromatic carbocycles. The molecule has 0 saturated carbocycles.